The number of nitrogens with one attached hydrogen (secondary N) is 2. The van der Waals surface area contributed by atoms with E-state index in [-0.39, 0.29) is 24.7 Å². The number of nitrogens with zero attached hydrogens (tertiary/aromatic N) is 1. The Morgan fingerprint density at radius 2 is 1.50 bits per heavy atom. The van der Waals surface area contributed by atoms with Crippen LogP contribution in [0.1, 0.15) is 12.0 Å². The van der Waals surface area contributed by atoms with Crippen LogP contribution in [0, 0.1) is 11.3 Å². The maximum atomic E-state index is 12.0. The molecule has 0 aromatic heterocycles. The molecule has 0 fully saturated rings. The lowest BCUT2D eigenvalue weighted by Gasteiger charge is -2.08. The molecule has 0 atom stereocenters. The van der Waals surface area contributed by atoms with E-state index in [1.54, 1.807) is 49.6 Å². The molecule has 24 heavy (non-hydrogen) atoms. The summed E-state index contributed by atoms with van der Waals surface area (Å²) in [5.74, 6) is 0.239. The van der Waals surface area contributed by atoms with Gasteiger partial charge in [0.25, 0.3) is 0 Å². The molecule has 6 heteroatoms. The normalized spacial score (nSPS) is 9.67. The number of anilines is 2. The first-order valence-electron chi connectivity index (χ1n) is 7.30. The van der Waals surface area contributed by atoms with Crippen molar-refractivity contribution >= 4 is 23.2 Å². The average Bonchev–Trinajstić information content (AvgIpc) is 2.57. The number of ether oxygens (including phenoxy) is 1. The molecule has 2 aromatic carbocycles. The number of hydrogen-bond acceptors (Lipinski definition) is 4. The van der Waals surface area contributed by atoms with Crippen molar-refractivity contribution in [3.63, 3.8) is 0 Å². The van der Waals surface area contributed by atoms with Crippen molar-refractivity contribution in [1.82, 2.24) is 0 Å². The van der Waals surface area contributed by atoms with E-state index in [2.05, 4.69) is 10.6 Å². The van der Waals surface area contributed by atoms with E-state index in [1.807, 2.05) is 12.1 Å². The highest BCUT2D eigenvalue weighted by atomic mass is 16.5. The number of carbonyl (C=O) groups is 2. The topological polar surface area (TPSA) is 91.2 Å². The van der Waals surface area contributed by atoms with Crippen molar-refractivity contribution in [2.75, 3.05) is 17.7 Å². The second-order valence-electron chi connectivity index (χ2n) is 5.03. The Morgan fingerprint density at radius 1 is 0.958 bits per heavy atom. The summed E-state index contributed by atoms with van der Waals surface area (Å²) in [7, 11) is 1.59. The van der Waals surface area contributed by atoms with Crippen LogP contribution in [0.5, 0.6) is 5.75 Å². The fourth-order valence-corrected chi connectivity index (χ4v) is 2.05. The number of amides is 2. The van der Waals surface area contributed by atoms with Crippen LogP contribution in [0.15, 0.2) is 48.5 Å². The summed E-state index contributed by atoms with van der Waals surface area (Å²) in [5, 5.41) is 13.8. The third kappa shape index (κ3) is 5.14. The number of hydrogen-bond donors (Lipinski definition) is 2. The van der Waals surface area contributed by atoms with E-state index in [4.69, 9.17) is 10.00 Å². The molecule has 6 nitrogen and oxygen atoms in total. The SMILES string of the molecule is COc1ccc(CC(=O)Nc2ccc(NC(=O)CC#N)cc2)cc1. The largest absolute Gasteiger partial charge is 0.497 e. The predicted molar refractivity (Wildman–Crippen MR) is 90.6 cm³/mol. The van der Waals surface area contributed by atoms with Gasteiger partial charge in [-0.25, -0.2) is 0 Å². The van der Waals surface area contributed by atoms with Gasteiger partial charge in [-0.2, -0.15) is 5.26 Å². The molecular formula is C18H17N3O3. The second kappa shape index (κ2) is 8.34. The van der Waals surface area contributed by atoms with Gasteiger partial charge in [0.15, 0.2) is 0 Å². The third-order valence-electron chi connectivity index (χ3n) is 3.22. The van der Waals surface area contributed by atoms with Gasteiger partial charge < -0.3 is 15.4 Å². The van der Waals surface area contributed by atoms with Gasteiger partial charge in [0.1, 0.15) is 12.2 Å². The number of benzene rings is 2. The number of rotatable bonds is 6. The summed E-state index contributed by atoms with van der Waals surface area (Å²) in [6.07, 6.45) is 0.0605. The molecule has 0 aliphatic rings. The van der Waals surface area contributed by atoms with Crippen molar-refractivity contribution in [2.24, 2.45) is 0 Å². The van der Waals surface area contributed by atoms with Gasteiger partial charge in [-0.3, -0.25) is 9.59 Å². The molecule has 0 radical (unpaired) electrons. The highest BCUT2D eigenvalue weighted by Crippen LogP contribution is 2.15. The Balaban J connectivity index is 1.89. The highest BCUT2D eigenvalue weighted by Gasteiger charge is 2.05. The summed E-state index contributed by atoms with van der Waals surface area (Å²) >= 11 is 0. The van der Waals surface area contributed by atoms with Crippen LogP contribution in [-0.2, 0) is 16.0 Å². The van der Waals surface area contributed by atoms with E-state index in [1.165, 1.54) is 0 Å². The molecule has 0 unspecified atom stereocenters. The van der Waals surface area contributed by atoms with E-state index in [0.717, 1.165) is 11.3 Å². The molecular weight excluding hydrogens is 306 g/mol. The van der Waals surface area contributed by atoms with Gasteiger partial charge in [0, 0.05) is 11.4 Å². The highest BCUT2D eigenvalue weighted by molar-refractivity contribution is 5.94. The average molecular weight is 323 g/mol. The van der Waals surface area contributed by atoms with Crippen molar-refractivity contribution in [1.29, 1.82) is 5.26 Å². The van der Waals surface area contributed by atoms with Crippen LogP contribution in [-0.4, -0.2) is 18.9 Å². The lowest BCUT2D eigenvalue weighted by molar-refractivity contribution is -0.116. The fourth-order valence-electron chi connectivity index (χ4n) is 2.05. The van der Waals surface area contributed by atoms with Gasteiger partial charge in [-0.05, 0) is 42.0 Å². The van der Waals surface area contributed by atoms with Gasteiger partial charge in [-0.15, -0.1) is 0 Å². The predicted octanol–water partition coefficient (Wildman–Crippen LogP) is 2.73. The van der Waals surface area contributed by atoms with Crippen LogP contribution in [0.4, 0.5) is 11.4 Å². The van der Waals surface area contributed by atoms with Crippen molar-refractivity contribution in [3.8, 4) is 11.8 Å². The summed E-state index contributed by atoms with van der Waals surface area (Å²) < 4.78 is 5.08. The minimum Gasteiger partial charge on any atom is -0.497 e. The molecule has 0 bridgehead atoms. The van der Waals surface area contributed by atoms with E-state index >= 15 is 0 Å². The van der Waals surface area contributed by atoms with Crippen LogP contribution < -0.4 is 15.4 Å². The Kier molecular flexibility index (Phi) is 5.92. The molecule has 0 aliphatic heterocycles. The first-order valence-corrected chi connectivity index (χ1v) is 7.30. The summed E-state index contributed by atoms with van der Waals surface area (Å²) in [6, 6.07) is 15.8. The van der Waals surface area contributed by atoms with Gasteiger partial charge >= 0.3 is 0 Å². The van der Waals surface area contributed by atoms with Crippen molar-refractivity contribution in [3.05, 3.63) is 54.1 Å². The van der Waals surface area contributed by atoms with Crippen molar-refractivity contribution in [2.45, 2.75) is 12.8 Å². The Labute approximate surface area is 140 Å². The standard InChI is InChI=1S/C18H17N3O3/c1-24-16-8-2-13(3-9-16)12-18(23)21-15-6-4-14(5-7-15)20-17(22)10-11-19/h2-9H,10,12H2,1H3,(H,20,22)(H,21,23). The van der Waals surface area contributed by atoms with Crippen LogP contribution in [0.3, 0.4) is 0 Å². The molecule has 2 amide bonds. The summed E-state index contributed by atoms with van der Waals surface area (Å²) in [4.78, 5) is 23.3. The van der Waals surface area contributed by atoms with Crippen LogP contribution in [0.25, 0.3) is 0 Å². The zero-order valence-electron chi connectivity index (χ0n) is 13.2. The van der Waals surface area contributed by atoms with Crippen LogP contribution >= 0.6 is 0 Å². The van der Waals surface area contributed by atoms with E-state index < -0.39 is 0 Å². The quantitative estimate of drug-likeness (QED) is 0.855. The minimum absolute atomic E-state index is 0.138. The second-order valence-corrected chi connectivity index (χ2v) is 5.03. The molecule has 0 saturated carbocycles. The monoisotopic (exact) mass is 323 g/mol. The Morgan fingerprint density at radius 3 is 2.00 bits per heavy atom. The molecule has 122 valence electrons. The molecule has 0 heterocycles. The first-order chi connectivity index (χ1) is 11.6. The third-order valence-corrected chi connectivity index (χ3v) is 3.22. The molecule has 2 rings (SSSR count). The van der Waals surface area contributed by atoms with E-state index in [9.17, 15) is 9.59 Å². The summed E-state index contributed by atoms with van der Waals surface area (Å²) in [5.41, 5.74) is 2.09. The van der Waals surface area contributed by atoms with Gasteiger partial charge in [0.05, 0.1) is 19.6 Å². The molecule has 0 saturated heterocycles. The van der Waals surface area contributed by atoms with Gasteiger partial charge in [-0.1, -0.05) is 12.1 Å². The summed E-state index contributed by atoms with van der Waals surface area (Å²) in [6.45, 7) is 0. The maximum absolute atomic E-state index is 12.0. The number of carbonyl (C=O) groups excluding carboxylic acids is 2. The number of nitriles is 1. The Hall–Kier alpha value is -3.33. The lowest BCUT2D eigenvalue weighted by Crippen LogP contribution is -2.14. The minimum atomic E-state index is -0.367. The van der Waals surface area contributed by atoms with Crippen LogP contribution in [0.2, 0.25) is 0 Å². The zero-order chi connectivity index (χ0) is 17.4. The maximum Gasteiger partial charge on any atom is 0.238 e. The fraction of sp³-hybridized carbons (Fsp3) is 0.167. The molecule has 2 aromatic rings. The van der Waals surface area contributed by atoms with Gasteiger partial charge in [0.2, 0.25) is 11.8 Å². The van der Waals surface area contributed by atoms with Crippen molar-refractivity contribution < 1.29 is 14.3 Å². The molecule has 2 N–H and O–H groups in total. The molecule has 0 aliphatic carbocycles. The smallest absolute Gasteiger partial charge is 0.238 e. The lowest BCUT2D eigenvalue weighted by atomic mass is 10.1. The van der Waals surface area contributed by atoms with E-state index in [0.29, 0.717) is 11.4 Å². The number of methoxy groups -OCH3 is 1. The first kappa shape index (κ1) is 17.0. The Bertz CT molecular complexity index is 747. The zero-order valence-corrected chi connectivity index (χ0v) is 13.2. The molecule has 0 spiro atoms.